The Labute approximate surface area is 121 Å². The number of rotatable bonds is 6. The molecule has 0 aliphatic carbocycles. The highest BCUT2D eigenvalue weighted by Gasteiger charge is 2.32. The molecular formula is C15H25N3O2. The SMILES string of the molecule is CCC(CC)(CN)N(C)C(=O)Nc1ccccc1OC. The van der Waals surface area contributed by atoms with Gasteiger partial charge in [-0.2, -0.15) is 0 Å². The standard InChI is InChI=1S/C15H25N3O2/c1-5-15(6-2,11-16)18(3)14(19)17-12-9-7-8-10-13(12)20-4/h7-10H,5-6,11,16H2,1-4H3,(H,17,19). The first-order chi connectivity index (χ1) is 9.54. The van der Waals surface area contributed by atoms with Gasteiger partial charge in [0.1, 0.15) is 5.75 Å². The van der Waals surface area contributed by atoms with Crippen LogP contribution in [0.15, 0.2) is 24.3 Å². The van der Waals surface area contributed by atoms with Crippen molar-refractivity contribution in [1.82, 2.24) is 4.90 Å². The number of hydrogen-bond acceptors (Lipinski definition) is 3. The molecule has 0 heterocycles. The van der Waals surface area contributed by atoms with Crippen molar-refractivity contribution in [2.45, 2.75) is 32.2 Å². The molecule has 1 rings (SSSR count). The smallest absolute Gasteiger partial charge is 0.322 e. The van der Waals surface area contributed by atoms with Gasteiger partial charge < -0.3 is 20.7 Å². The summed E-state index contributed by atoms with van der Waals surface area (Å²) in [7, 11) is 3.36. The molecule has 2 amide bonds. The summed E-state index contributed by atoms with van der Waals surface area (Å²) in [4.78, 5) is 14.1. The molecule has 1 aromatic rings. The largest absolute Gasteiger partial charge is 0.495 e. The van der Waals surface area contributed by atoms with Crippen LogP contribution in [0.4, 0.5) is 10.5 Å². The number of nitrogens with two attached hydrogens (primary N) is 1. The predicted octanol–water partition coefficient (Wildman–Crippen LogP) is 2.68. The molecule has 112 valence electrons. The average molecular weight is 279 g/mol. The normalized spacial score (nSPS) is 11.1. The lowest BCUT2D eigenvalue weighted by molar-refractivity contribution is 0.140. The first-order valence-electron chi connectivity index (χ1n) is 6.92. The summed E-state index contributed by atoms with van der Waals surface area (Å²) >= 11 is 0. The summed E-state index contributed by atoms with van der Waals surface area (Å²) in [6.07, 6.45) is 1.63. The zero-order valence-corrected chi connectivity index (χ0v) is 12.8. The van der Waals surface area contributed by atoms with E-state index in [4.69, 9.17) is 10.5 Å². The number of methoxy groups -OCH3 is 1. The topological polar surface area (TPSA) is 67.6 Å². The van der Waals surface area contributed by atoms with Gasteiger partial charge in [-0.1, -0.05) is 26.0 Å². The Hall–Kier alpha value is -1.75. The van der Waals surface area contributed by atoms with Gasteiger partial charge >= 0.3 is 6.03 Å². The van der Waals surface area contributed by atoms with Gasteiger partial charge in [0.15, 0.2) is 0 Å². The molecule has 5 nitrogen and oxygen atoms in total. The van der Waals surface area contributed by atoms with Crippen LogP contribution in [0.2, 0.25) is 0 Å². The maximum absolute atomic E-state index is 12.4. The molecule has 5 heteroatoms. The van der Waals surface area contributed by atoms with Crippen molar-refractivity contribution in [1.29, 1.82) is 0 Å². The van der Waals surface area contributed by atoms with E-state index in [9.17, 15) is 4.79 Å². The van der Waals surface area contributed by atoms with E-state index in [2.05, 4.69) is 5.32 Å². The summed E-state index contributed by atoms with van der Waals surface area (Å²) in [5.41, 5.74) is 6.21. The molecule has 0 unspecified atom stereocenters. The maximum Gasteiger partial charge on any atom is 0.322 e. The first-order valence-corrected chi connectivity index (χ1v) is 6.92. The zero-order chi connectivity index (χ0) is 15.2. The van der Waals surface area contributed by atoms with Crippen molar-refractivity contribution in [3.8, 4) is 5.75 Å². The minimum atomic E-state index is -0.313. The molecule has 0 saturated carbocycles. The number of likely N-dealkylation sites (N-methyl/N-ethyl adjacent to an activating group) is 1. The second-order valence-electron chi connectivity index (χ2n) is 4.83. The van der Waals surface area contributed by atoms with Gasteiger partial charge in [-0.15, -0.1) is 0 Å². The lowest BCUT2D eigenvalue weighted by atomic mass is 9.91. The lowest BCUT2D eigenvalue weighted by Gasteiger charge is -2.39. The number of hydrogen-bond donors (Lipinski definition) is 2. The van der Waals surface area contributed by atoms with E-state index in [1.165, 1.54) is 0 Å². The quantitative estimate of drug-likeness (QED) is 0.841. The number of ether oxygens (including phenoxy) is 1. The Kier molecular flexibility index (Phi) is 5.82. The third-order valence-corrected chi connectivity index (χ3v) is 4.06. The fourth-order valence-electron chi connectivity index (χ4n) is 2.31. The average Bonchev–Trinajstić information content (AvgIpc) is 2.50. The molecule has 1 aromatic carbocycles. The van der Waals surface area contributed by atoms with Crippen LogP contribution in [0.3, 0.4) is 0 Å². The van der Waals surface area contributed by atoms with E-state index in [0.717, 1.165) is 12.8 Å². The molecule has 0 aromatic heterocycles. The monoisotopic (exact) mass is 279 g/mol. The van der Waals surface area contributed by atoms with E-state index in [1.54, 1.807) is 19.1 Å². The highest BCUT2D eigenvalue weighted by molar-refractivity contribution is 5.91. The predicted molar refractivity (Wildman–Crippen MR) is 82.1 cm³/mol. The third-order valence-electron chi connectivity index (χ3n) is 4.06. The van der Waals surface area contributed by atoms with E-state index < -0.39 is 0 Å². The number of carbonyl (C=O) groups excluding carboxylic acids is 1. The second-order valence-corrected chi connectivity index (χ2v) is 4.83. The van der Waals surface area contributed by atoms with Crippen molar-refractivity contribution in [2.75, 3.05) is 26.0 Å². The fourth-order valence-corrected chi connectivity index (χ4v) is 2.31. The van der Waals surface area contributed by atoms with E-state index in [0.29, 0.717) is 18.0 Å². The van der Waals surface area contributed by atoms with Crippen LogP contribution in [0, 0.1) is 0 Å². The molecule has 3 N–H and O–H groups in total. The zero-order valence-electron chi connectivity index (χ0n) is 12.8. The van der Waals surface area contributed by atoms with E-state index >= 15 is 0 Å². The number of para-hydroxylation sites is 2. The maximum atomic E-state index is 12.4. The van der Waals surface area contributed by atoms with Crippen molar-refractivity contribution >= 4 is 11.7 Å². The van der Waals surface area contributed by atoms with Gasteiger partial charge in [0.25, 0.3) is 0 Å². The van der Waals surface area contributed by atoms with Crippen LogP contribution in [0.5, 0.6) is 5.75 Å². The Balaban J connectivity index is 2.90. The van der Waals surface area contributed by atoms with Crippen LogP contribution >= 0.6 is 0 Å². The molecule has 20 heavy (non-hydrogen) atoms. The van der Waals surface area contributed by atoms with Crippen molar-refractivity contribution < 1.29 is 9.53 Å². The van der Waals surface area contributed by atoms with Gasteiger partial charge in [0.2, 0.25) is 0 Å². The molecule has 0 bridgehead atoms. The number of carbonyl (C=O) groups is 1. The van der Waals surface area contributed by atoms with Crippen LogP contribution in [0.25, 0.3) is 0 Å². The van der Waals surface area contributed by atoms with Crippen molar-refractivity contribution in [3.63, 3.8) is 0 Å². The van der Waals surface area contributed by atoms with Crippen molar-refractivity contribution in [2.24, 2.45) is 5.73 Å². The van der Waals surface area contributed by atoms with E-state index in [1.807, 2.05) is 38.1 Å². The summed E-state index contributed by atoms with van der Waals surface area (Å²) in [5.74, 6) is 0.639. The van der Waals surface area contributed by atoms with Crippen LogP contribution in [0.1, 0.15) is 26.7 Å². The molecule has 0 saturated heterocycles. The molecule has 0 fully saturated rings. The summed E-state index contributed by atoms with van der Waals surface area (Å²) in [5, 5.41) is 2.88. The molecule has 0 aliphatic rings. The highest BCUT2D eigenvalue weighted by Crippen LogP contribution is 2.26. The van der Waals surface area contributed by atoms with Crippen LogP contribution < -0.4 is 15.8 Å². The van der Waals surface area contributed by atoms with Gasteiger partial charge in [-0.3, -0.25) is 0 Å². The third kappa shape index (κ3) is 3.22. The Bertz CT molecular complexity index is 436. The molecule has 0 atom stereocenters. The minimum Gasteiger partial charge on any atom is -0.495 e. The number of benzene rings is 1. The highest BCUT2D eigenvalue weighted by atomic mass is 16.5. The molecule has 0 spiro atoms. The fraction of sp³-hybridized carbons (Fsp3) is 0.533. The van der Waals surface area contributed by atoms with Gasteiger partial charge in [0, 0.05) is 13.6 Å². The van der Waals surface area contributed by atoms with Crippen LogP contribution in [-0.4, -0.2) is 37.2 Å². The van der Waals surface area contributed by atoms with Gasteiger partial charge in [0.05, 0.1) is 18.3 Å². The lowest BCUT2D eigenvalue weighted by Crippen LogP contribution is -2.55. The van der Waals surface area contributed by atoms with Gasteiger partial charge in [-0.05, 0) is 25.0 Å². The second kappa shape index (κ2) is 7.14. The van der Waals surface area contributed by atoms with E-state index in [-0.39, 0.29) is 11.6 Å². The van der Waals surface area contributed by atoms with Gasteiger partial charge in [-0.25, -0.2) is 4.79 Å². The Morgan fingerprint density at radius 3 is 2.45 bits per heavy atom. The Morgan fingerprint density at radius 2 is 1.95 bits per heavy atom. The first kappa shape index (κ1) is 16.3. The molecular weight excluding hydrogens is 254 g/mol. The number of nitrogens with zero attached hydrogens (tertiary/aromatic N) is 1. The van der Waals surface area contributed by atoms with Crippen molar-refractivity contribution in [3.05, 3.63) is 24.3 Å². The number of urea groups is 1. The summed E-state index contributed by atoms with van der Waals surface area (Å²) < 4.78 is 5.23. The van der Waals surface area contributed by atoms with Crippen LogP contribution in [-0.2, 0) is 0 Å². The number of amides is 2. The summed E-state index contributed by atoms with van der Waals surface area (Å²) in [6.45, 7) is 4.53. The molecule has 0 aliphatic heterocycles. The Morgan fingerprint density at radius 1 is 1.35 bits per heavy atom. The minimum absolute atomic E-state index is 0.177. The molecule has 0 radical (unpaired) electrons. The number of anilines is 1. The summed E-state index contributed by atoms with van der Waals surface area (Å²) in [6, 6.07) is 7.16. The number of nitrogens with one attached hydrogen (secondary N) is 1.